The highest BCUT2D eigenvalue weighted by Crippen LogP contribution is 2.50. The number of nitrogens with one attached hydrogen (secondary N) is 1. The zero-order chi connectivity index (χ0) is 19.0. The molecule has 1 saturated heterocycles. The van der Waals surface area contributed by atoms with Gasteiger partial charge in [0.1, 0.15) is 5.41 Å². The average Bonchev–Trinajstić information content (AvgIpc) is 3.31. The fraction of sp³-hybridized carbons (Fsp3) is 0.250. The van der Waals surface area contributed by atoms with Gasteiger partial charge in [-0.3, -0.25) is 14.7 Å². The van der Waals surface area contributed by atoms with Crippen molar-refractivity contribution < 1.29 is 4.79 Å². The van der Waals surface area contributed by atoms with E-state index in [1.54, 1.807) is 0 Å². The molecule has 1 N–H and O–H groups in total. The number of hydrogen-bond acceptors (Lipinski definition) is 3. The molecule has 2 atom stereocenters. The summed E-state index contributed by atoms with van der Waals surface area (Å²) in [6.07, 6.45) is 4.69. The van der Waals surface area contributed by atoms with Crippen molar-refractivity contribution in [1.29, 1.82) is 0 Å². The van der Waals surface area contributed by atoms with Crippen LogP contribution in [0.1, 0.15) is 23.1 Å². The number of amides is 1. The van der Waals surface area contributed by atoms with Gasteiger partial charge in [0.2, 0.25) is 5.91 Å². The molecule has 0 aliphatic carbocycles. The van der Waals surface area contributed by atoms with Crippen molar-refractivity contribution in [3.05, 3.63) is 95.8 Å². The molecule has 3 aromatic rings. The van der Waals surface area contributed by atoms with Gasteiger partial charge in [-0.25, -0.2) is 0 Å². The van der Waals surface area contributed by atoms with Gasteiger partial charge >= 0.3 is 0 Å². The molecule has 140 valence electrons. The maximum atomic E-state index is 13.5. The van der Waals surface area contributed by atoms with Crippen LogP contribution in [0.3, 0.4) is 0 Å². The van der Waals surface area contributed by atoms with Crippen LogP contribution in [0.5, 0.6) is 0 Å². The quantitative estimate of drug-likeness (QED) is 0.760. The van der Waals surface area contributed by atoms with Crippen LogP contribution in [0.4, 0.5) is 5.69 Å². The molecule has 1 fully saturated rings. The van der Waals surface area contributed by atoms with Gasteiger partial charge in [0.05, 0.1) is 0 Å². The SMILES string of the molecule is O=C1Nc2ccccc2C1(c1ccccc1)[C@@H]1CCN(Cc2ccncc2)C1. The molecule has 0 spiro atoms. The number of benzene rings is 2. The van der Waals surface area contributed by atoms with Crippen molar-refractivity contribution >= 4 is 11.6 Å². The number of hydrogen-bond donors (Lipinski definition) is 1. The first-order chi connectivity index (χ1) is 13.8. The first kappa shape index (κ1) is 17.1. The lowest BCUT2D eigenvalue weighted by molar-refractivity contribution is -0.121. The van der Waals surface area contributed by atoms with E-state index >= 15 is 0 Å². The number of carbonyl (C=O) groups excluding carboxylic acids is 1. The normalized spacial score (nSPS) is 24.1. The minimum absolute atomic E-state index is 0.107. The van der Waals surface area contributed by atoms with E-state index in [1.165, 1.54) is 5.56 Å². The van der Waals surface area contributed by atoms with Crippen LogP contribution in [0.2, 0.25) is 0 Å². The Bertz CT molecular complexity index is 989. The second-order valence-corrected chi connectivity index (χ2v) is 7.75. The smallest absolute Gasteiger partial charge is 0.239 e. The van der Waals surface area contributed by atoms with E-state index in [0.29, 0.717) is 0 Å². The third-order valence-electron chi connectivity index (χ3n) is 6.23. The summed E-state index contributed by atoms with van der Waals surface area (Å²) in [6, 6.07) is 22.6. The number of nitrogens with zero attached hydrogens (tertiary/aromatic N) is 2. The highest BCUT2D eigenvalue weighted by molar-refractivity contribution is 6.09. The summed E-state index contributed by atoms with van der Waals surface area (Å²) in [5.41, 5.74) is 3.80. The highest BCUT2D eigenvalue weighted by atomic mass is 16.2. The Hall–Kier alpha value is -2.98. The Kier molecular flexibility index (Phi) is 4.21. The Morgan fingerprint density at radius 2 is 1.75 bits per heavy atom. The standard InChI is InChI=1S/C24H23N3O/c28-23-24(19-6-2-1-3-7-19,21-8-4-5-9-22(21)26-23)20-12-15-27(17-20)16-18-10-13-25-14-11-18/h1-11,13-14,20H,12,15-17H2,(H,26,28)/t20-,24?/m1/s1. The first-order valence-corrected chi connectivity index (χ1v) is 9.86. The summed E-state index contributed by atoms with van der Waals surface area (Å²) < 4.78 is 0. The number of fused-ring (bicyclic) bond motifs is 1. The van der Waals surface area contributed by atoms with Crippen LogP contribution in [0.25, 0.3) is 0 Å². The highest BCUT2D eigenvalue weighted by Gasteiger charge is 2.54. The van der Waals surface area contributed by atoms with Gasteiger partial charge in [0, 0.05) is 31.2 Å². The fourth-order valence-electron chi connectivity index (χ4n) is 4.98. The molecule has 2 aliphatic heterocycles. The lowest BCUT2D eigenvalue weighted by Crippen LogP contribution is -2.44. The Morgan fingerprint density at radius 1 is 1.00 bits per heavy atom. The van der Waals surface area contributed by atoms with Gasteiger partial charge in [-0.1, -0.05) is 48.5 Å². The van der Waals surface area contributed by atoms with E-state index in [9.17, 15) is 4.79 Å². The molecule has 3 heterocycles. The van der Waals surface area contributed by atoms with Crippen LogP contribution >= 0.6 is 0 Å². The van der Waals surface area contributed by atoms with Crippen LogP contribution in [0, 0.1) is 5.92 Å². The van der Waals surface area contributed by atoms with Gasteiger partial charge < -0.3 is 5.32 Å². The Morgan fingerprint density at radius 3 is 2.57 bits per heavy atom. The second kappa shape index (κ2) is 6.88. The predicted octanol–water partition coefficient (Wildman–Crippen LogP) is 3.84. The zero-order valence-electron chi connectivity index (χ0n) is 15.7. The van der Waals surface area contributed by atoms with Gasteiger partial charge in [0.15, 0.2) is 0 Å². The van der Waals surface area contributed by atoms with Crippen molar-refractivity contribution in [2.24, 2.45) is 5.92 Å². The molecule has 2 aromatic carbocycles. The minimum Gasteiger partial charge on any atom is -0.325 e. The lowest BCUT2D eigenvalue weighted by Gasteiger charge is -2.34. The maximum Gasteiger partial charge on any atom is 0.239 e. The summed E-state index contributed by atoms with van der Waals surface area (Å²) in [6.45, 7) is 2.79. The predicted molar refractivity (Wildman–Crippen MR) is 110 cm³/mol. The third-order valence-corrected chi connectivity index (χ3v) is 6.23. The van der Waals surface area contributed by atoms with Crippen molar-refractivity contribution in [2.75, 3.05) is 18.4 Å². The zero-order valence-corrected chi connectivity index (χ0v) is 15.7. The van der Waals surface area contributed by atoms with E-state index in [-0.39, 0.29) is 11.8 Å². The van der Waals surface area contributed by atoms with Crippen molar-refractivity contribution in [3.63, 3.8) is 0 Å². The Labute approximate surface area is 165 Å². The van der Waals surface area contributed by atoms with E-state index in [2.05, 4.69) is 45.5 Å². The summed E-state index contributed by atoms with van der Waals surface area (Å²) in [7, 11) is 0. The molecule has 1 aromatic heterocycles. The summed E-state index contributed by atoms with van der Waals surface area (Å²) >= 11 is 0. The van der Waals surface area contributed by atoms with Crippen LogP contribution in [0.15, 0.2) is 79.1 Å². The van der Waals surface area contributed by atoms with Crippen LogP contribution in [-0.2, 0) is 16.8 Å². The molecule has 0 bridgehead atoms. The molecule has 4 nitrogen and oxygen atoms in total. The van der Waals surface area contributed by atoms with E-state index in [4.69, 9.17) is 0 Å². The molecular weight excluding hydrogens is 346 g/mol. The fourth-order valence-corrected chi connectivity index (χ4v) is 4.98. The van der Waals surface area contributed by atoms with Gasteiger partial charge in [-0.15, -0.1) is 0 Å². The monoisotopic (exact) mass is 369 g/mol. The third kappa shape index (κ3) is 2.64. The number of anilines is 1. The van der Waals surface area contributed by atoms with Crippen molar-refractivity contribution in [2.45, 2.75) is 18.4 Å². The molecule has 0 radical (unpaired) electrons. The molecule has 2 aliphatic rings. The van der Waals surface area contributed by atoms with Gasteiger partial charge in [0.25, 0.3) is 0 Å². The average molecular weight is 369 g/mol. The topological polar surface area (TPSA) is 45.2 Å². The van der Waals surface area contributed by atoms with Crippen LogP contribution in [-0.4, -0.2) is 28.9 Å². The molecule has 4 heteroatoms. The summed E-state index contributed by atoms with van der Waals surface area (Å²) in [4.78, 5) is 20.0. The molecule has 1 amide bonds. The van der Waals surface area contributed by atoms with E-state index in [1.807, 2.05) is 48.8 Å². The summed E-state index contributed by atoms with van der Waals surface area (Å²) in [5, 5.41) is 3.16. The number of para-hydroxylation sites is 1. The number of carbonyl (C=O) groups is 1. The molecule has 1 unspecified atom stereocenters. The summed E-state index contributed by atoms with van der Waals surface area (Å²) in [5.74, 6) is 0.344. The van der Waals surface area contributed by atoms with E-state index < -0.39 is 5.41 Å². The molecule has 28 heavy (non-hydrogen) atoms. The Balaban J connectivity index is 1.53. The lowest BCUT2D eigenvalue weighted by atomic mass is 9.66. The number of likely N-dealkylation sites (tertiary alicyclic amines) is 1. The number of pyridine rings is 1. The number of aromatic nitrogens is 1. The first-order valence-electron chi connectivity index (χ1n) is 9.86. The van der Waals surface area contributed by atoms with Gasteiger partial charge in [-0.2, -0.15) is 0 Å². The van der Waals surface area contributed by atoms with Crippen LogP contribution < -0.4 is 5.32 Å². The second-order valence-electron chi connectivity index (χ2n) is 7.75. The molecule has 0 saturated carbocycles. The van der Waals surface area contributed by atoms with E-state index in [0.717, 1.165) is 42.9 Å². The van der Waals surface area contributed by atoms with Crippen molar-refractivity contribution in [1.82, 2.24) is 9.88 Å². The maximum absolute atomic E-state index is 13.5. The van der Waals surface area contributed by atoms with Gasteiger partial charge in [-0.05, 0) is 53.8 Å². The largest absolute Gasteiger partial charge is 0.325 e. The van der Waals surface area contributed by atoms with Crippen molar-refractivity contribution in [3.8, 4) is 0 Å². The number of rotatable bonds is 4. The minimum atomic E-state index is -0.620. The molecular formula is C24H23N3O. The molecule has 5 rings (SSSR count).